The van der Waals surface area contributed by atoms with Gasteiger partial charge in [0.2, 0.25) is 0 Å². The first kappa shape index (κ1) is 11.0. The Labute approximate surface area is 81.4 Å². The van der Waals surface area contributed by atoms with Crippen LogP contribution in [0.1, 0.15) is 13.3 Å². The van der Waals surface area contributed by atoms with E-state index in [0.717, 1.165) is 45.3 Å². The van der Waals surface area contributed by atoms with Gasteiger partial charge in [-0.2, -0.15) is 0 Å². The van der Waals surface area contributed by atoms with Crippen molar-refractivity contribution in [1.29, 1.82) is 0 Å². The number of likely N-dealkylation sites (N-methyl/N-ethyl adjacent to an activating group) is 1. The van der Waals surface area contributed by atoms with Gasteiger partial charge in [-0.15, -0.1) is 0 Å². The van der Waals surface area contributed by atoms with Crippen molar-refractivity contribution in [3.8, 4) is 0 Å². The Morgan fingerprint density at radius 1 is 1.54 bits per heavy atom. The van der Waals surface area contributed by atoms with Gasteiger partial charge < -0.3 is 15.0 Å². The SMILES string of the molecule is CCN(C)CCNCC1CCOC1. The summed E-state index contributed by atoms with van der Waals surface area (Å²) in [6.07, 6.45) is 1.23. The van der Waals surface area contributed by atoms with Crippen molar-refractivity contribution in [2.75, 3.05) is 46.4 Å². The molecule has 78 valence electrons. The highest BCUT2D eigenvalue weighted by Crippen LogP contribution is 2.10. The molecule has 0 aliphatic carbocycles. The monoisotopic (exact) mass is 186 g/mol. The van der Waals surface area contributed by atoms with Crippen molar-refractivity contribution < 1.29 is 4.74 Å². The van der Waals surface area contributed by atoms with Crippen LogP contribution in [0, 0.1) is 5.92 Å². The molecule has 3 nitrogen and oxygen atoms in total. The highest BCUT2D eigenvalue weighted by molar-refractivity contribution is 4.66. The zero-order valence-corrected chi connectivity index (χ0v) is 8.88. The van der Waals surface area contributed by atoms with Gasteiger partial charge in [-0.3, -0.25) is 0 Å². The first-order chi connectivity index (χ1) is 6.33. The second kappa shape index (κ2) is 6.35. The maximum Gasteiger partial charge on any atom is 0.0507 e. The highest BCUT2D eigenvalue weighted by atomic mass is 16.5. The summed E-state index contributed by atoms with van der Waals surface area (Å²) in [5, 5.41) is 3.47. The lowest BCUT2D eigenvalue weighted by atomic mass is 10.1. The highest BCUT2D eigenvalue weighted by Gasteiger charge is 2.14. The van der Waals surface area contributed by atoms with Crippen LogP contribution in [0.15, 0.2) is 0 Å². The fraction of sp³-hybridized carbons (Fsp3) is 1.00. The second-order valence-corrected chi connectivity index (χ2v) is 3.83. The Morgan fingerprint density at radius 2 is 2.38 bits per heavy atom. The minimum Gasteiger partial charge on any atom is -0.381 e. The van der Waals surface area contributed by atoms with Crippen LogP contribution in [0.4, 0.5) is 0 Å². The van der Waals surface area contributed by atoms with E-state index >= 15 is 0 Å². The normalized spacial score (nSPS) is 22.8. The van der Waals surface area contributed by atoms with E-state index in [-0.39, 0.29) is 0 Å². The lowest BCUT2D eigenvalue weighted by Crippen LogP contribution is -2.32. The van der Waals surface area contributed by atoms with Gasteiger partial charge in [-0.25, -0.2) is 0 Å². The summed E-state index contributed by atoms with van der Waals surface area (Å²) >= 11 is 0. The van der Waals surface area contributed by atoms with Crippen LogP contribution in [-0.4, -0.2) is 51.3 Å². The molecule has 1 aliphatic heterocycles. The number of nitrogens with zero attached hydrogens (tertiary/aromatic N) is 1. The minimum atomic E-state index is 0.756. The number of ether oxygens (including phenoxy) is 1. The first-order valence-electron chi connectivity index (χ1n) is 5.30. The molecule has 1 N–H and O–H groups in total. The van der Waals surface area contributed by atoms with Crippen molar-refractivity contribution in [2.24, 2.45) is 5.92 Å². The van der Waals surface area contributed by atoms with E-state index < -0.39 is 0 Å². The minimum absolute atomic E-state index is 0.756. The van der Waals surface area contributed by atoms with Gasteiger partial charge in [0, 0.05) is 26.2 Å². The fourth-order valence-electron chi connectivity index (χ4n) is 1.48. The Balaban J connectivity index is 1.88. The van der Waals surface area contributed by atoms with Crippen molar-refractivity contribution in [2.45, 2.75) is 13.3 Å². The van der Waals surface area contributed by atoms with Crippen LogP contribution in [0.2, 0.25) is 0 Å². The number of hydrogen-bond donors (Lipinski definition) is 1. The Hall–Kier alpha value is -0.120. The molecule has 1 heterocycles. The zero-order valence-electron chi connectivity index (χ0n) is 8.88. The molecule has 0 saturated carbocycles. The Bertz CT molecular complexity index is 124. The van der Waals surface area contributed by atoms with Crippen molar-refractivity contribution >= 4 is 0 Å². The van der Waals surface area contributed by atoms with Gasteiger partial charge in [0.1, 0.15) is 0 Å². The van der Waals surface area contributed by atoms with E-state index in [2.05, 4.69) is 24.2 Å². The summed E-state index contributed by atoms with van der Waals surface area (Å²) in [6, 6.07) is 0. The molecule has 1 unspecified atom stereocenters. The van der Waals surface area contributed by atoms with Gasteiger partial charge in [-0.05, 0) is 25.9 Å². The molecule has 1 atom stereocenters. The summed E-state index contributed by atoms with van der Waals surface area (Å²) in [7, 11) is 2.15. The van der Waals surface area contributed by atoms with Crippen LogP contribution < -0.4 is 5.32 Å². The summed E-state index contributed by atoms with van der Waals surface area (Å²) in [6.45, 7) is 8.60. The van der Waals surface area contributed by atoms with Gasteiger partial charge in [-0.1, -0.05) is 6.92 Å². The molecule has 1 rings (SSSR count). The molecule has 1 saturated heterocycles. The molecule has 0 spiro atoms. The summed E-state index contributed by atoms with van der Waals surface area (Å²) in [5.74, 6) is 0.756. The van der Waals surface area contributed by atoms with Gasteiger partial charge in [0.05, 0.1) is 6.61 Å². The number of rotatable bonds is 6. The van der Waals surface area contributed by atoms with Crippen LogP contribution in [-0.2, 0) is 4.74 Å². The molecule has 0 amide bonds. The quantitative estimate of drug-likeness (QED) is 0.614. The second-order valence-electron chi connectivity index (χ2n) is 3.83. The third-order valence-corrected chi connectivity index (χ3v) is 2.67. The topological polar surface area (TPSA) is 24.5 Å². The predicted molar refractivity (Wildman–Crippen MR) is 55.0 cm³/mol. The molecule has 0 bridgehead atoms. The van der Waals surface area contributed by atoms with Gasteiger partial charge in [0.25, 0.3) is 0 Å². The molecule has 0 aromatic carbocycles. The van der Waals surface area contributed by atoms with Crippen LogP contribution in [0.25, 0.3) is 0 Å². The molecular formula is C10H22N2O. The van der Waals surface area contributed by atoms with Gasteiger partial charge in [0.15, 0.2) is 0 Å². The maximum absolute atomic E-state index is 5.31. The zero-order chi connectivity index (χ0) is 9.52. The lowest BCUT2D eigenvalue weighted by molar-refractivity contribution is 0.185. The largest absolute Gasteiger partial charge is 0.381 e. The fourth-order valence-corrected chi connectivity index (χ4v) is 1.48. The van der Waals surface area contributed by atoms with Crippen LogP contribution >= 0.6 is 0 Å². The molecule has 0 aromatic heterocycles. The smallest absolute Gasteiger partial charge is 0.0507 e. The standard InChI is InChI=1S/C10H22N2O/c1-3-12(2)6-5-11-8-10-4-7-13-9-10/h10-11H,3-9H2,1-2H3. The van der Waals surface area contributed by atoms with E-state index in [1.54, 1.807) is 0 Å². The molecular weight excluding hydrogens is 164 g/mol. The average Bonchev–Trinajstić information content (AvgIpc) is 2.64. The van der Waals surface area contributed by atoms with Gasteiger partial charge >= 0.3 is 0 Å². The molecule has 1 fully saturated rings. The van der Waals surface area contributed by atoms with E-state index in [1.807, 2.05) is 0 Å². The van der Waals surface area contributed by atoms with E-state index in [0.29, 0.717) is 0 Å². The molecule has 1 aliphatic rings. The lowest BCUT2D eigenvalue weighted by Gasteiger charge is -2.15. The van der Waals surface area contributed by atoms with Crippen LogP contribution in [0.5, 0.6) is 0 Å². The van der Waals surface area contributed by atoms with E-state index in [4.69, 9.17) is 4.74 Å². The first-order valence-corrected chi connectivity index (χ1v) is 5.30. The summed E-state index contributed by atoms with van der Waals surface area (Å²) < 4.78 is 5.31. The summed E-state index contributed by atoms with van der Waals surface area (Å²) in [5.41, 5.74) is 0. The number of nitrogens with one attached hydrogen (secondary N) is 1. The maximum atomic E-state index is 5.31. The number of hydrogen-bond acceptors (Lipinski definition) is 3. The van der Waals surface area contributed by atoms with Crippen LogP contribution in [0.3, 0.4) is 0 Å². The molecule has 0 aromatic rings. The molecule has 13 heavy (non-hydrogen) atoms. The predicted octanol–water partition coefficient (Wildman–Crippen LogP) is 0.564. The molecule has 0 radical (unpaired) electrons. The average molecular weight is 186 g/mol. The van der Waals surface area contributed by atoms with Crippen molar-refractivity contribution in [3.63, 3.8) is 0 Å². The third kappa shape index (κ3) is 4.60. The third-order valence-electron chi connectivity index (χ3n) is 2.67. The van der Waals surface area contributed by atoms with E-state index in [9.17, 15) is 0 Å². The van der Waals surface area contributed by atoms with Crippen molar-refractivity contribution in [1.82, 2.24) is 10.2 Å². The Morgan fingerprint density at radius 3 is 3.00 bits per heavy atom. The van der Waals surface area contributed by atoms with E-state index in [1.165, 1.54) is 6.42 Å². The summed E-state index contributed by atoms with van der Waals surface area (Å²) in [4.78, 5) is 2.32. The van der Waals surface area contributed by atoms with Crippen molar-refractivity contribution in [3.05, 3.63) is 0 Å². The Kier molecular flexibility index (Phi) is 5.35. The molecule has 3 heteroatoms.